The summed E-state index contributed by atoms with van der Waals surface area (Å²) in [5.41, 5.74) is 0.249. The molecule has 0 aromatic carbocycles. The number of ether oxygens (including phenoxy) is 1. The highest BCUT2D eigenvalue weighted by Gasteiger charge is 2.29. The van der Waals surface area contributed by atoms with Crippen LogP contribution >= 0.6 is 0 Å². The average molecular weight is 199 g/mol. The summed E-state index contributed by atoms with van der Waals surface area (Å²) in [6.07, 6.45) is 0.353. The van der Waals surface area contributed by atoms with Crippen LogP contribution in [0.4, 0.5) is 0 Å². The van der Waals surface area contributed by atoms with Gasteiger partial charge in [-0.05, 0) is 17.3 Å². The fourth-order valence-corrected chi connectivity index (χ4v) is 1.74. The fraction of sp³-hybridized carbons (Fsp3) is 1.00. The standard InChI is InChI=1S/C12H25NO/c1-9(2)10-6-13-7-11(14-8-10)12(3,4)5/h9-11,13H,6-8H2,1-5H3. The molecule has 0 bridgehead atoms. The zero-order valence-electron chi connectivity index (χ0n) is 10.3. The van der Waals surface area contributed by atoms with Gasteiger partial charge in [0.05, 0.1) is 12.7 Å². The molecule has 0 saturated carbocycles. The number of hydrogen-bond donors (Lipinski definition) is 1. The van der Waals surface area contributed by atoms with Crippen molar-refractivity contribution in [2.45, 2.75) is 40.7 Å². The first-order chi connectivity index (χ1) is 6.41. The van der Waals surface area contributed by atoms with Gasteiger partial charge in [0, 0.05) is 13.1 Å². The van der Waals surface area contributed by atoms with E-state index in [9.17, 15) is 0 Å². The summed E-state index contributed by atoms with van der Waals surface area (Å²) in [7, 11) is 0. The van der Waals surface area contributed by atoms with Gasteiger partial charge in [-0.25, -0.2) is 0 Å². The van der Waals surface area contributed by atoms with Gasteiger partial charge in [0.1, 0.15) is 0 Å². The zero-order valence-corrected chi connectivity index (χ0v) is 10.3. The number of rotatable bonds is 1. The summed E-state index contributed by atoms with van der Waals surface area (Å²) in [6.45, 7) is 14.3. The summed E-state index contributed by atoms with van der Waals surface area (Å²) in [6, 6.07) is 0. The first kappa shape index (κ1) is 12.0. The maximum Gasteiger partial charge on any atom is 0.0747 e. The van der Waals surface area contributed by atoms with E-state index in [2.05, 4.69) is 39.9 Å². The Morgan fingerprint density at radius 2 is 1.86 bits per heavy atom. The van der Waals surface area contributed by atoms with Crippen LogP contribution in [0.3, 0.4) is 0 Å². The second-order valence-electron chi connectivity index (χ2n) is 5.85. The maximum absolute atomic E-state index is 5.98. The van der Waals surface area contributed by atoms with E-state index in [0.29, 0.717) is 17.9 Å². The quantitative estimate of drug-likeness (QED) is 0.699. The lowest BCUT2D eigenvalue weighted by molar-refractivity contribution is -0.0216. The highest BCUT2D eigenvalue weighted by atomic mass is 16.5. The van der Waals surface area contributed by atoms with Gasteiger partial charge in [0.25, 0.3) is 0 Å². The van der Waals surface area contributed by atoms with Crippen molar-refractivity contribution in [2.75, 3.05) is 19.7 Å². The highest BCUT2D eigenvalue weighted by molar-refractivity contribution is 4.81. The molecule has 2 atom stereocenters. The molecule has 1 heterocycles. The molecule has 0 amide bonds. The molecular weight excluding hydrogens is 174 g/mol. The third kappa shape index (κ3) is 3.25. The van der Waals surface area contributed by atoms with Gasteiger partial charge in [0.15, 0.2) is 0 Å². The third-order valence-corrected chi connectivity index (χ3v) is 3.16. The van der Waals surface area contributed by atoms with Crippen LogP contribution in [-0.2, 0) is 4.74 Å². The van der Waals surface area contributed by atoms with Crippen LogP contribution < -0.4 is 5.32 Å². The number of hydrogen-bond acceptors (Lipinski definition) is 2. The molecule has 0 radical (unpaired) electrons. The Labute approximate surface area is 88.4 Å². The van der Waals surface area contributed by atoms with E-state index in [1.54, 1.807) is 0 Å². The molecule has 0 aliphatic carbocycles. The van der Waals surface area contributed by atoms with Gasteiger partial charge in [-0.2, -0.15) is 0 Å². The highest BCUT2D eigenvalue weighted by Crippen LogP contribution is 2.25. The van der Waals surface area contributed by atoms with Crippen LogP contribution in [0.15, 0.2) is 0 Å². The van der Waals surface area contributed by atoms with E-state index in [-0.39, 0.29) is 5.41 Å². The Morgan fingerprint density at radius 3 is 2.36 bits per heavy atom. The molecular formula is C12H25NO. The summed E-state index contributed by atoms with van der Waals surface area (Å²) in [5, 5.41) is 3.51. The summed E-state index contributed by atoms with van der Waals surface area (Å²) in [4.78, 5) is 0. The second kappa shape index (κ2) is 4.63. The second-order valence-corrected chi connectivity index (χ2v) is 5.85. The maximum atomic E-state index is 5.98. The predicted octanol–water partition coefficient (Wildman–Crippen LogP) is 2.29. The van der Waals surface area contributed by atoms with Crippen LogP contribution in [0, 0.1) is 17.3 Å². The van der Waals surface area contributed by atoms with Crippen molar-refractivity contribution in [1.82, 2.24) is 5.32 Å². The Balaban J connectivity index is 2.49. The van der Waals surface area contributed by atoms with E-state index >= 15 is 0 Å². The van der Waals surface area contributed by atoms with E-state index in [0.717, 1.165) is 19.7 Å². The monoisotopic (exact) mass is 199 g/mol. The summed E-state index contributed by atoms with van der Waals surface area (Å²) < 4.78 is 5.98. The van der Waals surface area contributed by atoms with Crippen LogP contribution in [0.2, 0.25) is 0 Å². The summed E-state index contributed by atoms with van der Waals surface area (Å²) >= 11 is 0. The lowest BCUT2D eigenvalue weighted by Crippen LogP contribution is -2.36. The molecule has 0 spiro atoms. The van der Waals surface area contributed by atoms with Crippen molar-refractivity contribution < 1.29 is 4.74 Å². The number of nitrogens with one attached hydrogen (secondary N) is 1. The molecule has 0 aromatic heterocycles. The largest absolute Gasteiger partial charge is 0.376 e. The fourth-order valence-electron chi connectivity index (χ4n) is 1.74. The molecule has 14 heavy (non-hydrogen) atoms. The van der Waals surface area contributed by atoms with Gasteiger partial charge in [-0.1, -0.05) is 34.6 Å². The lowest BCUT2D eigenvalue weighted by atomic mass is 9.89. The molecule has 1 saturated heterocycles. The first-order valence-corrected chi connectivity index (χ1v) is 5.73. The van der Waals surface area contributed by atoms with Crippen molar-refractivity contribution >= 4 is 0 Å². The first-order valence-electron chi connectivity index (χ1n) is 5.73. The van der Waals surface area contributed by atoms with Gasteiger partial charge >= 0.3 is 0 Å². The normalized spacial score (nSPS) is 30.4. The Morgan fingerprint density at radius 1 is 1.21 bits per heavy atom. The molecule has 1 aliphatic rings. The van der Waals surface area contributed by atoms with Gasteiger partial charge in [-0.3, -0.25) is 0 Å². The molecule has 1 N–H and O–H groups in total. The molecule has 2 unspecified atom stereocenters. The van der Waals surface area contributed by atoms with E-state index in [1.165, 1.54) is 0 Å². The van der Waals surface area contributed by atoms with Crippen molar-refractivity contribution in [3.63, 3.8) is 0 Å². The topological polar surface area (TPSA) is 21.3 Å². The van der Waals surface area contributed by atoms with Crippen molar-refractivity contribution in [3.8, 4) is 0 Å². The minimum Gasteiger partial charge on any atom is -0.376 e. The minimum absolute atomic E-state index is 0.249. The van der Waals surface area contributed by atoms with Gasteiger partial charge in [0.2, 0.25) is 0 Å². The SMILES string of the molecule is CC(C)C1CNCC(C(C)(C)C)OC1. The van der Waals surface area contributed by atoms with Gasteiger partial charge in [-0.15, -0.1) is 0 Å². The van der Waals surface area contributed by atoms with Crippen LogP contribution in [-0.4, -0.2) is 25.8 Å². The van der Waals surface area contributed by atoms with Crippen LogP contribution in [0.5, 0.6) is 0 Å². The smallest absolute Gasteiger partial charge is 0.0747 e. The van der Waals surface area contributed by atoms with E-state index in [1.807, 2.05) is 0 Å². The Bertz CT molecular complexity index is 172. The predicted molar refractivity (Wildman–Crippen MR) is 60.4 cm³/mol. The van der Waals surface area contributed by atoms with Gasteiger partial charge < -0.3 is 10.1 Å². The van der Waals surface area contributed by atoms with E-state index in [4.69, 9.17) is 4.74 Å². The van der Waals surface area contributed by atoms with Crippen LogP contribution in [0.1, 0.15) is 34.6 Å². The summed E-state index contributed by atoms with van der Waals surface area (Å²) in [5.74, 6) is 1.38. The zero-order chi connectivity index (χ0) is 10.8. The third-order valence-electron chi connectivity index (χ3n) is 3.16. The Hall–Kier alpha value is -0.0800. The van der Waals surface area contributed by atoms with Crippen molar-refractivity contribution in [2.24, 2.45) is 17.3 Å². The molecule has 1 aliphatic heterocycles. The molecule has 2 heteroatoms. The molecule has 0 aromatic rings. The van der Waals surface area contributed by atoms with Crippen LogP contribution in [0.25, 0.3) is 0 Å². The minimum atomic E-state index is 0.249. The Kier molecular flexibility index (Phi) is 3.96. The van der Waals surface area contributed by atoms with Crippen molar-refractivity contribution in [3.05, 3.63) is 0 Å². The molecule has 2 nitrogen and oxygen atoms in total. The molecule has 1 rings (SSSR count). The van der Waals surface area contributed by atoms with Crippen molar-refractivity contribution in [1.29, 1.82) is 0 Å². The molecule has 84 valence electrons. The average Bonchev–Trinajstić information content (AvgIpc) is 2.26. The lowest BCUT2D eigenvalue weighted by Gasteiger charge is -2.29. The molecule has 1 fully saturated rings. The van der Waals surface area contributed by atoms with E-state index < -0.39 is 0 Å².